The first-order valence-corrected chi connectivity index (χ1v) is 9.64. The summed E-state index contributed by atoms with van der Waals surface area (Å²) in [4.78, 5) is 28.1. The van der Waals surface area contributed by atoms with Crippen LogP contribution in [0.15, 0.2) is 30.6 Å². The molecular formula is C21H20F5N3O4. The Kier molecular flexibility index (Phi) is 6.33. The second-order valence-corrected chi connectivity index (χ2v) is 7.76. The Bertz CT molecular complexity index is 1090. The lowest BCUT2D eigenvalue weighted by molar-refractivity contribution is -0.272. The van der Waals surface area contributed by atoms with Crippen molar-refractivity contribution in [1.29, 1.82) is 0 Å². The molecule has 12 heteroatoms. The normalized spacial score (nSPS) is 25.0. The second kappa shape index (κ2) is 8.58. The van der Waals surface area contributed by atoms with Crippen LogP contribution >= 0.6 is 0 Å². The molecule has 0 saturated carbocycles. The number of hydrogen-bond donors (Lipinski definition) is 2. The minimum absolute atomic E-state index is 0.0239. The quantitative estimate of drug-likeness (QED) is 0.647. The number of benzene rings is 1. The summed E-state index contributed by atoms with van der Waals surface area (Å²) in [5.74, 6) is -7.92. The summed E-state index contributed by atoms with van der Waals surface area (Å²) in [6, 6.07) is 2.97. The smallest absolute Gasteiger partial charge is 0.417 e. The maximum absolute atomic E-state index is 14.3. The molecule has 2 heterocycles. The van der Waals surface area contributed by atoms with Crippen LogP contribution in [0.25, 0.3) is 0 Å². The maximum atomic E-state index is 14.3. The number of ether oxygens (including phenoxy) is 2. The van der Waals surface area contributed by atoms with Gasteiger partial charge in [-0.05, 0) is 19.1 Å². The molecule has 4 atom stereocenters. The molecule has 0 unspecified atom stereocenters. The molecule has 178 valence electrons. The van der Waals surface area contributed by atoms with Crippen LogP contribution in [0.1, 0.15) is 35.7 Å². The van der Waals surface area contributed by atoms with Crippen LogP contribution in [0.5, 0.6) is 5.75 Å². The Morgan fingerprint density at radius 3 is 2.48 bits per heavy atom. The molecule has 3 N–H and O–H groups in total. The summed E-state index contributed by atoms with van der Waals surface area (Å²) in [6.07, 6.45) is -4.37. The number of nitrogens with two attached hydrogens (primary N) is 1. The second-order valence-electron chi connectivity index (χ2n) is 7.76. The monoisotopic (exact) mass is 473 g/mol. The highest BCUT2D eigenvalue weighted by molar-refractivity contribution is 5.97. The molecule has 0 bridgehead atoms. The minimum Gasteiger partial charge on any atom is -0.493 e. The molecule has 1 aromatic heterocycles. The lowest BCUT2D eigenvalue weighted by atomic mass is 9.77. The minimum atomic E-state index is -4.89. The SMILES string of the molecule is COc1c([C@H]2[C@@H](C)[C@@](C)(C(F)(F)F)O[C@H]2C(=O)Nc2cncc(C(N)=O)c2)ccc(F)c1F. The summed E-state index contributed by atoms with van der Waals surface area (Å²) < 4.78 is 80.0. The highest BCUT2D eigenvalue weighted by atomic mass is 19.4. The van der Waals surface area contributed by atoms with Crippen molar-refractivity contribution < 1.29 is 41.0 Å². The molecule has 0 spiro atoms. The van der Waals surface area contributed by atoms with E-state index < -0.39 is 58.9 Å². The largest absolute Gasteiger partial charge is 0.493 e. The number of pyridine rings is 1. The summed E-state index contributed by atoms with van der Waals surface area (Å²) in [6.45, 7) is 1.97. The molecule has 1 aliphatic rings. The van der Waals surface area contributed by atoms with Crippen LogP contribution in [0.4, 0.5) is 27.6 Å². The average Bonchev–Trinajstić information content (AvgIpc) is 3.02. The van der Waals surface area contributed by atoms with Crippen molar-refractivity contribution in [1.82, 2.24) is 4.98 Å². The number of methoxy groups -OCH3 is 1. The fraction of sp³-hybridized carbons (Fsp3) is 0.381. The molecular weight excluding hydrogens is 453 g/mol. The van der Waals surface area contributed by atoms with Gasteiger partial charge < -0.3 is 20.5 Å². The van der Waals surface area contributed by atoms with Gasteiger partial charge in [0.05, 0.1) is 24.6 Å². The van der Waals surface area contributed by atoms with Gasteiger partial charge in [0.25, 0.3) is 5.91 Å². The highest BCUT2D eigenvalue weighted by Gasteiger charge is 2.65. The molecule has 1 fully saturated rings. The number of alkyl halides is 3. The van der Waals surface area contributed by atoms with Crippen LogP contribution in [-0.2, 0) is 9.53 Å². The van der Waals surface area contributed by atoms with Crippen molar-refractivity contribution in [2.45, 2.75) is 37.6 Å². The van der Waals surface area contributed by atoms with Gasteiger partial charge >= 0.3 is 6.18 Å². The summed E-state index contributed by atoms with van der Waals surface area (Å²) in [5, 5.41) is 2.34. The number of amides is 2. The van der Waals surface area contributed by atoms with E-state index in [1.54, 1.807) is 0 Å². The van der Waals surface area contributed by atoms with E-state index >= 15 is 0 Å². The third-order valence-electron chi connectivity index (χ3n) is 5.86. The number of nitrogens with one attached hydrogen (secondary N) is 1. The lowest BCUT2D eigenvalue weighted by Crippen LogP contribution is -2.47. The third-order valence-corrected chi connectivity index (χ3v) is 5.86. The molecule has 1 aliphatic heterocycles. The first-order chi connectivity index (χ1) is 15.3. The predicted octanol–water partition coefficient (Wildman–Crippen LogP) is 3.55. The van der Waals surface area contributed by atoms with Gasteiger partial charge in [-0.3, -0.25) is 14.6 Å². The molecule has 3 rings (SSSR count). The average molecular weight is 473 g/mol. The lowest BCUT2D eigenvalue weighted by Gasteiger charge is -2.32. The van der Waals surface area contributed by atoms with Crippen LogP contribution in [-0.4, -0.2) is 41.8 Å². The van der Waals surface area contributed by atoms with E-state index in [9.17, 15) is 31.5 Å². The number of carbonyl (C=O) groups is 2. The van der Waals surface area contributed by atoms with Gasteiger partial charge in [0.2, 0.25) is 11.7 Å². The number of hydrogen-bond acceptors (Lipinski definition) is 5. The molecule has 0 radical (unpaired) electrons. The van der Waals surface area contributed by atoms with Crippen LogP contribution < -0.4 is 15.8 Å². The van der Waals surface area contributed by atoms with Crippen molar-refractivity contribution in [3.05, 3.63) is 53.4 Å². The van der Waals surface area contributed by atoms with Crippen molar-refractivity contribution in [2.24, 2.45) is 11.7 Å². The highest BCUT2D eigenvalue weighted by Crippen LogP contribution is 2.54. The Morgan fingerprint density at radius 2 is 1.91 bits per heavy atom. The summed E-state index contributed by atoms with van der Waals surface area (Å²) >= 11 is 0. The van der Waals surface area contributed by atoms with E-state index in [2.05, 4.69) is 10.3 Å². The Hall–Kier alpha value is -3.28. The molecule has 2 amide bonds. The number of aromatic nitrogens is 1. The van der Waals surface area contributed by atoms with Gasteiger partial charge in [-0.1, -0.05) is 13.0 Å². The van der Waals surface area contributed by atoms with Crippen LogP contribution in [0, 0.1) is 17.6 Å². The zero-order chi connectivity index (χ0) is 24.7. The number of primary amides is 1. The van der Waals surface area contributed by atoms with Gasteiger partial charge in [-0.2, -0.15) is 17.6 Å². The fourth-order valence-electron chi connectivity index (χ4n) is 3.90. The van der Waals surface area contributed by atoms with Gasteiger partial charge in [-0.15, -0.1) is 0 Å². The van der Waals surface area contributed by atoms with Crippen LogP contribution in [0.3, 0.4) is 0 Å². The van der Waals surface area contributed by atoms with Gasteiger partial charge in [0, 0.05) is 23.6 Å². The van der Waals surface area contributed by atoms with Crippen LogP contribution in [0.2, 0.25) is 0 Å². The van der Waals surface area contributed by atoms with E-state index in [4.69, 9.17) is 15.2 Å². The Labute approximate surface area is 185 Å². The zero-order valence-corrected chi connectivity index (χ0v) is 17.7. The Balaban J connectivity index is 2.07. The summed E-state index contributed by atoms with van der Waals surface area (Å²) in [5.41, 5.74) is 2.15. The van der Waals surface area contributed by atoms with Gasteiger partial charge in [0.15, 0.2) is 17.2 Å². The number of nitrogens with zero attached hydrogens (tertiary/aromatic N) is 1. The first-order valence-electron chi connectivity index (χ1n) is 9.64. The van der Waals surface area contributed by atoms with Crippen molar-refractivity contribution in [3.63, 3.8) is 0 Å². The number of rotatable bonds is 5. The van der Waals surface area contributed by atoms with Crippen molar-refractivity contribution >= 4 is 17.5 Å². The molecule has 33 heavy (non-hydrogen) atoms. The molecule has 0 aliphatic carbocycles. The van der Waals surface area contributed by atoms with E-state index in [0.29, 0.717) is 0 Å². The third kappa shape index (κ3) is 4.22. The maximum Gasteiger partial charge on any atom is 0.417 e. The zero-order valence-electron chi connectivity index (χ0n) is 17.7. The van der Waals surface area contributed by atoms with Crippen molar-refractivity contribution in [3.8, 4) is 5.75 Å². The molecule has 7 nitrogen and oxygen atoms in total. The van der Waals surface area contributed by atoms with E-state index in [1.165, 1.54) is 13.0 Å². The van der Waals surface area contributed by atoms with Crippen molar-refractivity contribution in [2.75, 3.05) is 12.4 Å². The summed E-state index contributed by atoms with van der Waals surface area (Å²) in [7, 11) is 1.03. The van der Waals surface area contributed by atoms with E-state index in [-0.39, 0.29) is 16.8 Å². The topological polar surface area (TPSA) is 104 Å². The van der Waals surface area contributed by atoms with E-state index in [1.807, 2.05) is 0 Å². The predicted molar refractivity (Wildman–Crippen MR) is 106 cm³/mol. The fourth-order valence-corrected chi connectivity index (χ4v) is 3.90. The molecule has 1 saturated heterocycles. The number of anilines is 1. The van der Waals surface area contributed by atoms with E-state index in [0.717, 1.165) is 38.6 Å². The molecule has 1 aromatic carbocycles. The standard InChI is InChI=1S/C21H20F5N3O4/c1-9-14(12-4-5-13(22)15(23)16(12)32-3)17(33-20(9,2)21(24,25)26)19(31)29-11-6-10(18(27)30)7-28-8-11/h4-9,14,17H,1-3H3,(H2,27,30)(H,29,31)/t9-,14-,17-,20+/m1/s1. The first kappa shape index (κ1) is 24.4. The number of halogens is 5. The number of carbonyl (C=O) groups excluding carboxylic acids is 2. The van der Waals surface area contributed by atoms with Gasteiger partial charge in [-0.25, -0.2) is 4.39 Å². The molecule has 2 aromatic rings. The van der Waals surface area contributed by atoms with Gasteiger partial charge in [0.1, 0.15) is 6.10 Å². The Morgan fingerprint density at radius 1 is 1.24 bits per heavy atom.